The highest BCUT2D eigenvalue weighted by atomic mass is 31.2. The molecule has 0 bridgehead atoms. The molecular formula is C53H91NO8P+. The Labute approximate surface area is 385 Å². The SMILES string of the molecule is CC/C=C\C/C=C\C/C=C\C/C=C\C/C=C\C/C=C\CCCCC(=O)OC(COC(=O)CCCCCCCCC/C=C\C/C=C\CCCCCC)COP(=O)(O)OCC[N+](C)(C)C. The van der Waals surface area contributed by atoms with Crippen molar-refractivity contribution in [2.24, 2.45) is 0 Å². The quantitative estimate of drug-likeness (QED) is 0.0212. The number of esters is 2. The molecule has 2 atom stereocenters. The van der Waals surface area contributed by atoms with Gasteiger partial charge in [0, 0.05) is 12.8 Å². The summed E-state index contributed by atoms with van der Waals surface area (Å²) in [6, 6.07) is 0. The predicted octanol–water partition coefficient (Wildman–Crippen LogP) is 14.5. The monoisotopic (exact) mass is 901 g/mol. The second-order valence-electron chi connectivity index (χ2n) is 17.1. The minimum atomic E-state index is -4.40. The fourth-order valence-electron chi connectivity index (χ4n) is 6.05. The molecular weight excluding hydrogens is 810 g/mol. The van der Waals surface area contributed by atoms with Gasteiger partial charge in [0.25, 0.3) is 0 Å². The van der Waals surface area contributed by atoms with Crippen LogP contribution in [0, 0.1) is 0 Å². The fraction of sp³-hybridized carbons (Fsp3) is 0.660. The van der Waals surface area contributed by atoms with Crippen molar-refractivity contribution in [1.82, 2.24) is 0 Å². The van der Waals surface area contributed by atoms with Crippen molar-refractivity contribution in [2.75, 3.05) is 47.5 Å². The van der Waals surface area contributed by atoms with E-state index in [1.807, 2.05) is 21.1 Å². The van der Waals surface area contributed by atoms with Gasteiger partial charge < -0.3 is 18.9 Å². The highest BCUT2D eigenvalue weighted by Gasteiger charge is 2.27. The van der Waals surface area contributed by atoms with Crippen molar-refractivity contribution in [3.8, 4) is 0 Å². The highest BCUT2D eigenvalue weighted by Crippen LogP contribution is 2.43. The lowest BCUT2D eigenvalue weighted by Gasteiger charge is -2.24. The van der Waals surface area contributed by atoms with Crippen molar-refractivity contribution < 1.29 is 42.1 Å². The van der Waals surface area contributed by atoms with Crippen molar-refractivity contribution >= 4 is 19.8 Å². The van der Waals surface area contributed by atoms with Crippen LogP contribution >= 0.6 is 7.82 Å². The summed E-state index contributed by atoms with van der Waals surface area (Å²) in [5, 5.41) is 0. The van der Waals surface area contributed by atoms with Gasteiger partial charge in [-0.2, -0.15) is 0 Å². The number of nitrogens with zero attached hydrogens (tertiary/aromatic N) is 1. The molecule has 0 rings (SSSR count). The Morgan fingerprint density at radius 3 is 1.38 bits per heavy atom. The molecule has 0 aromatic rings. The van der Waals surface area contributed by atoms with E-state index in [2.05, 4.69) is 111 Å². The zero-order valence-electron chi connectivity index (χ0n) is 40.5. The van der Waals surface area contributed by atoms with E-state index in [0.29, 0.717) is 17.4 Å². The summed E-state index contributed by atoms with van der Waals surface area (Å²) in [6.07, 6.45) is 58.9. The maximum atomic E-state index is 12.7. The van der Waals surface area contributed by atoms with Crippen molar-refractivity contribution in [2.45, 2.75) is 180 Å². The second kappa shape index (κ2) is 44.1. The third kappa shape index (κ3) is 48.2. The fourth-order valence-corrected chi connectivity index (χ4v) is 6.79. The topological polar surface area (TPSA) is 108 Å². The number of likely N-dealkylation sites (N-methyl/N-ethyl adjacent to an activating group) is 1. The minimum Gasteiger partial charge on any atom is -0.462 e. The Balaban J connectivity index is 4.42. The number of rotatable bonds is 43. The lowest BCUT2D eigenvalue weighted by atomic mass is 10.1. The summed E-state index contributed by atoms with van der Waals surface area (Å²) >= 11 is 0. The number of allylic oxidation sites excluding steroid dienone is 16. The maximum absolute atomic E-state index is 12.7. The van der Waals surface area contributed by atoms with Gasteiger partial charge in [0.1, 0.15) is 19.8 Å². The molecule has 0 aliphatic rings. The van der Waals surface area contributed by atoms with Gasteiger partial charge in [-0.3, -0.25) is 18.6 Å². The molecule has 63 heavy (non-hydrogen) atoms. The van der Waals surface area contributed by atoms with Gasteiger partial charge in [-0.1, -0.05) is 162 Å². The van der Waals surface area contributed by atoms with Crippen LogP contribution in [-0.2, 0) is 32.7 Å². The smallest absolute Gasteiger partial charge is 0.462 e. The van der Waals surface area contributed by atoms with Crippen molar-refractivity contribution in [1.29, 1.82) is 0 Å². The van der Waals surface area contributed by atoms with Crippen LogP contribution in [0.1, 0.15) is 174 Å². The van der Waals surface area contributed by atoms with Crippen LogP contribution in [0.2, 0.25) is 0 Å². The Kier molecular flexibility index (Phi) is 42.0. The van der Waals surface area contributed by atoms with Crippen LogP contribution in [0.3, 0.4) is 0 Å². The number of phosphoric acid groups is 1. The molecule has 0 aliphatic heterocycles. The molecule has 0 aliphatic carbocycles. The predicted molar refractivity (Wildman–Crippen MR) is 265 cm³/mol. The molecule has 0 saturated heterocycles. The van der Waals surface area contributed by atoms with E-state index in [1.54, 1.807) is 0 Å². The summed E-state index contributed by atoms with van der Waals surface area (Å²) in [7, 11) is 1.43. The molecule has 0 aromatic heterocycles. The van der Waals surface area contributed by atoms with Crippen LogP contribution in [0.15, 0.2) is 97.2 Å². The van der Waals surface area contributed by atoms with Gasteiger partial charge >= 0.3 is 19.8 Å². The van der Waals surface area contributed by atoms with E-state index in [1.165, 1.54) is 51.4 Å². The van der Waals surface area contributed by atoms with E-state index in [9.17, 15) is 19.0 Å². The first-order chi connectivity index (χ1) is 30.5. The van der Waals surface area contributed by atoms with Gasteiger partial charge in [0.2, 0.25) is 0 Å². The first kappa shape index (κ1) is 59.9. The number of unbranched alkanes of at least 4 members (excludes halogenated alkanes) is 13. The maximum Gasteiger partial charge on any atom is 0.472 e. The lowest BCUT2D eigenvalue weighted by Crippen LogP contribution is -2.37. The highest BCUT2D eigenvalue weighted by molar-refractivity contribution is 7.47. The van der Waals surface area contributed by atoms with E-state index >= 15 is 0 Å². The van der Waals surface area contributed by atoms with E-state index in [0.717, 1.165) is 89.9 Å². The van der Waals surface area contributed by atoms with Gasteiger partial charge in [0.15, 0.2) is 6.10 Å². The van der Waals surface area contributed by atoms with Crippen LogP contribution in [-0.4, -0.2) is 74.9 Å². The molecule has 0 fully saturated rings. The average molecular weight is 901 g/mol. The summed E-state index contributed by atoms with van der Waals surface area (Å²) < 4.78 is 34.3. The first-order valence-corrected chi connectivity index (χ1v) is 26.0. The van der Waals surface area contributed by atoms with Crippen LogP contribution in [0.4, 0.5) is 0 Å². The molecule has 9 nitrogen and oxygen atoms in total. The summed E-state index contributed by atoms with van der Waals surface area (Å²) in [4.78, 5) is 35.5. The molecule has 0 saturated carbocycles. The molecule has 360 valence electrons. The summed E-state index contributed by atoms with van der Waals surface area (Å²) in [5.74, 6) is -0.866. The standard InChI is InChI=1S/C53H90NO8P/c1-6-8-10-12-14-16-18-20-22-24-26-27-28-30-32-34-36-38-40-42-44-46-53(56)62-51(50-61-63(57,58)60-48-47-54(3,4)5)49-59-52(55)45-43-41-39-37-35-33-31-29-25-23-21-19-17-15-13-11-9-7-2/h8,10,14,16-17,19-20,22-23,25-27,30,32,36,38,51H,6-7,9,11-13,15,18,21,24,28-29,31,33-35,37,39-50H2,1-5H3/p+1/b10-8-,16-14-,19-17-,22-20-,25-23-,27-26-,32-30-,38-36-. The minimum absolute atomic E-state index is 0.0161. The second-order valence-corrected chi connectivity index (χ2v) is 18.6. The van der Waals surface area contributed by atoms with Gasteiger partial charge in [-0.15, -0.1) is 0 Å². The summed E-state index contributed by atoms with van der Waals surface area (Å²) in [5.41, 5.74) is 0. The van der Waals surface area contributed by atoms with Crippen LogP contribution in [0.5, 0.6) is 0 Å². The summed E-state index contributed by atoms with van der Waals surface area (Å²) in [6.45, 7) is 4.22. The third-order valence-corrected chi connectivity index (χ3v) is 10.8. The molecule has 0 amide bonds. The van der Waals surface area contributed by atoms with Gasteiger partial charge in [-0.05, 0) is 96.3 Å². The zero-order valence-corrected chi connectivity index (χ0v) is 41.4. The average Bonchev–Trinajstić information content (AvgIpc) is 3.24. The van der Waals surface area contributed by atoms with Gasteiger partial charge in [-0.25, -0.2) is 4.57 Å². The zero-order chi connectivity index (χ0) is 46.4. The van der Waals surface area contributed by atoms with Crippen molar-refractivity contribution in [3.05, 3.63) is 97.2 Å². The molecule has 0 heterocycles. The Morgan fingerprint density at radius 1 is 0.508 bits per heavy atom. The third-order valence-electron chi connectivity index (χ3n) is 9.85. The van der Waals surface area contributed by atoms with Crippen LogP contribution in [0.25, 0.3) is 0 Å². The van der Waals surface area contributed by atoms with E-state index < -0.39 is 32.5 Å². The number of carbonyl (C=O) groups excluding carboxylic acids is 2. The molecule has 10 heteroatoms. The Bertz CT molecular complexity index is 1390. The number of phosphoric ester groups is 1. The number of ether oxygens (including phenoxy) is 2. The largest absolute Gasteiger partial charge is 0.472 e. The molecule has 2 unspecified atom stereocenters. The van der Waals surface area contributed by atoms with E-state index in [4.69, 9.17) is 18.5 Å². The normalized spacial score (nSPS) is 14.3. The number of hydrogen-bond donors (Lipinski definition) is 1. The Hall–Kier alpha value is -3.07. The first-order valence-electron chi connectivity index (χ1n) is 24.5. The van der Waals surface area contributed by atoms with Crippen molar-refractivity contribution in [3.63, 3.8) is 0 Å². The van der Waals surface area contributed by atoms with Gasteiger partial charge in [0.05, 0.1) is 27.7 Å². The molecule has 0 radical (unpaired) electrons. The number of carbonyl (C=O) groups is 2. The number of quaternary nitrogens is 1. The van der Waals surface area contributed by atoms with E-state index in [-0.39, 0.29) is 26.1 Å². The molecule has 1 N–H and O–H groups in total. The molecule has 0 aromatic carbocycles. The lowest BCUT2D eigenvalue weighted by molar-refractivity contribution is -0.870. The molecule has 0 spiro atoms. The number of hydrogen-bond acceptors (Lipinski definition) is 7. The van der Waals surface area contributed by atoms with Crippen LogP contribution < -0.4 is 0 Å². The Morgan fingerprint density at radius 2 is 0.905 bits per heavy atom.